The summed E-state index contributed by atoms with van der Waals surface area (Å²) in [7, 11) is 3.28. The number of fused-ring (bicyclic) bond motifs is 1. The van der Waals surface area contributed by atoms with Gasteiger partial charge in [-0.15, -0.1) is 0 Å². The van der Waals surface area contributed by atoms with Crippen molar-refractivity contribution in [2.75, 3.05) is 14.2 Å². The molecule has 0 aliphatic carbocycles. The summed E-state index contributed by atoms with van der Waals surface area (Å²) >= 11 is 0. The van der Waals surface area contributed by atoms with E-state index in [-0.39, 0.29) is 0 Å². The summed E-state index contributed by atoms with van der Waals surface area (Å²) in [5.74, 6) is 1.95. The fourth-order valence-electron chi connectivity index (χ4n) is 3.45. The van der Waals surface area contributed by atoms with Crippen LogP contribution in [-0.2, 0) is 4.79 Å². The monoisotopic (exact) mass is 426 g/mol. The molecule has 5 heteroatoms. The summed E-state index contributed by atoms with van der Waals surface area (Å²) in [6, 6.07) is 25.0. The molecule has 0 spiro atoms. The van der Waals surface area contributed by atoms with Gasteiger partial charge in [-0.2, -0.15) is 0 Å². The second-order valence-corrected chi connectivity index (χ2v) is 7.10. The summed E-state index contributed by atoms with van der Waals surface area (Å²) in [5.41, 5.74) is 2.72. The number of methoxy groups -OCH3 is 2. The number of aliphatic carboxylic acids is 1. The van der Waals surface area contributed by atoms with Crippen LogP contribution < -0.4 is 14.2 Å². The van der Waals surface area contributed by atoms with Gasteiger partial charge in [-0.05, 0) is 71.1 Å². The third kappa shape index (κ3) is 4.57. The van der Waals surface area contributed by atoms with Crippen LogP contribution >= 0.6 is 0 Å². The van der Waals surface area contributed by atoms with Crippen molar-refractivity contribution in [1.29, 1.82) is 0 Å². The molecule has 0 aromatic heterocycles. The molecule has 0 saturated carbocycles. The molecule has 4 aromatic rings. The van der Waals surface area contributed by atoms with Crippen molar-refractivity contribution in [3.63, 3.8) is 0 Å². The number of carboxylic acid groups (broad SMARTS) is 1. The van der Waals surface area contributed by atoms with Crippen molar-refractivity contribution in [2.24, 2.45) is 0 Å². The standard InChI is InChI=1S/C27H22O5/c1-30-21-11-6-19(7-12-21)24-14-8-20-17-23(31-2)13-15-25(20)27(24)32-22-9-3-18(4-10-22)5-16-26(28)29/h3-17H,1-2H3,(H,28,29)/b16-5+. The van der Waals surface area contributed by atoms with Gasteiger partial charge in [0.25, 0.3) is 0 Å². The average molecular weight is 426 g/mol. The highest BCUT2D eigenvalue weighted by Gasteiger charge is 2.13. The van der Waals surface area contributed by atoms with E-state index in [2.05, 4.69) is 0 Å². The fourth-order valence-corrected chi connectivity index (χ4v) is 3.45. The molecule has 5 nitrogen and oxygen atoms in total. The third-order valence-corrected chi connectivity index (χ3v) is 5.10. The van der Waals surface area contributed by atoms with Crippen LogP contribution in [0.1, 0.15) is 5.56 Å². The summed E-state index contributed by atoms with van der Waals surface area (Å²) in [6.45, 7) is 0. The molecule has 0 amide bonds. The number of carbonyl (C=O) groups is 1. The Bertz CT molecular complexity index is 1270. The topological polar surface area (TPSA) is 65.0 Å². The maximum absolute atomic E-state index is 10.7. The zero-order valence-electron chi connectivity index (χ0n) is 17.7. The van der Waals surface area contributed by atoms with Crippen LogP contribution in [0.25, 0.3) is 28.0 Å². The summed E-state index contributed by atoms with van der Waals surface area (Å²) in [4.78, 5) is 10.7. The van der Waals surface area contributed by atoms with E-state index in [4.69, 9.17) is 19.3 Å². The SMILES string of the molecule is COc1ccc(-c2ccc3cc(OC)ccc3c2Oc2ccc(/C=C/C(=O)O)cc2)cc1. The highest BCUT2D eigenvalue weighted by molar-refractivity contribution is 5.96. The van der Waals surface area contributed by atoms with Crippen LogP contribution in [0.4, 0.5) is 0 Å². The minimum absolute atomic E-state index is 0.649. The zero-order valence-corrected chi connectivity index (χ0v) is 17.7. The molecule has 0 atom stereocenters. The van der Waals surface area contributed by atoms with E-state index >= 15 is 0 Å². The predicted octanol–water partition coefficient (Wildman–Crippen LogP) is 6.41. The molecule has 0 saturated heterocycles. The van der Waals surface area contributed by atoms with Gasteiger partial charge in [0.05, 0.1) is 14.2 Å². The first-order valence-electron chi connectivity index (χ1n) is 10.0. The van der Waals surface area contributed by atoms with E-state index < -0.39 is 5.97 Å². The van der Waals surface area contributed by atoms with Crippen molar-refractivity contribution < 1.29 is 24.1 Å². The van der Waals surface area contributed by atoms with Gasteiger partial charge in [-0.25, -0.2) is 4.79 Å². The van der Waals surface area contributed by atoms with E-state index in [1.165, 1.54) is 0 Å². The third-order valence-electron chi connectivity index (χ3n) is 5.10. The smallest absolute Gasteiger partial charge is 0.328 e. The normalized spacial score (nSPS) is 10.9. The van der Waals surface area contributed by atoms with Gasteiger partial charge >= 0.3 is 5.97 Å². The van der Waals surface area contributed by atoms with Crippen LogP contribution in [-0.4, -0.2) is 25.3 Å². The lowest BCUT2D eigenvalue weighted by Gasteiger charge is -2.16. The van der Waals surface area contributed by atoms with E-state index in [0.717, 1.165) is 50.8 Å². The second-order valence-electron chi connectivity index (χ2n) is 7.10. The van der Waals surface area contributed by atoms with Gasteiger partial charge < -0.3 is 19.3 Å². The first kappa shape index (κ1) is 21.0. The van der Waals surface area contributed by atoms with Crippen molar-refractivity contribution in [3.8, 4) is 34.1 Å². The van der Waals surface area contributed by atoms with Gasteiger partial charge in [0, 0.05) is 17.0 Å². The van der Waals surface area contributed by atoms with Crippen LogP contribution in [0.5, 0.6) is 23.0 Å². The molecular weight excluding hydrogens is 404 g/mol. The molecule has 0 fully saturated rings. The molecule has 0 radical (unpaired) electrons. The number of benzene rings is 4. The largest absolute Gasteiger partial charge is 0.497 e. The van der Waals surface area contributed by atoms with Crippen LogP contribution in [0.3, 0.4) is 0 Å². The minimum atomic E-state index is -0.986. The van der Waals surface area contributed by atoms with Crippen molar-refractivity contribution in [2.45, 2.75) is 0 Å². The Morgan fingerprint density at radius 1 is 0.781 bits per heavy atom. The maximum Gasteiger partial charge on any atom is 0.328 e. The molecule has 4 aromatic carbocycles. The molecule has 0 heterocycles. The van der Waals surface area contributed by atoms with E-state index in [0.29, 0.717) is 5.75 Å². The number of rotatable bonds is 7. The number of hydrogen-bond donors (Lipinski definition) is 1. The molecule has 1 N–H and O–H groups in total. The van der Waals surface area contributed by atoms with E-state index in [1.807, 2.05) is 78.9 Å². The quantitative estimate of drug-likeness (QED) is 0.346. The molecule has 160 valence electrons. The molecule has 0 bridgehead atoms. The highest BCUT2D eigenvalue weighted by atomic mass is 16.5. The van der Waals surface area contributed by atoms with E-state index in [1.54, 1.807) is 20.3 Å². The van der Waals surface area contributed by atoms with Gasteiger partial charge in [0.15, 0.2) is 0 Å². The fraction of sp³-hybridized carbons (Fsp3) is 0.0741. The molecule has 0 aliphatic rings. The predicted molar refractivity (Wildman–Crippen MR) is 126 cm³/mol. The van der Waals surface area contributed by atoms with Gasteiger partial charge in [0.1, 0.15) is 23.0 Å². The number of ether oxygens (including phenoxy) is 3. The Morgan fingerprint density at radius 2 is 1.44 bits per heavy atom. The van der Waals surface area contributed by atoms with Crippen LogP contribution in [0.2, 0.25) is 0 Å². The average Bonchev–Trinajstić information content (AvgIpc) is 2.83. The number of hydrogen-bond acceptors (Lipinski definition) is 4. The maximum atomic E-state index is 10.7. The first-order chi connectivity index (χ1) is 15.6. The van der Waals surface area contributed by atoms with Crippen molar-refractivity contribution in [1.82, 2.24) is 0 Å². The lowest BCUT2D eigenvalue weighted by Crippen LogP contribution is -1.92. The van der Waals surface area contributed by atoms with Crippen molar-refractivity contribution in [3.05, 3.63) is 90.5 Å². The minimum Gasteiger partial charge on any atom is -0.497 e. The summed E-state index contributed by atoms with van der Waals surface area (Å²) in [6.07, 6.45) is 2.65. The molecular formula is C27H22O5. The summed E-state index contributed by atoms with van der Waals surface area (Å²) < 4.78 is 17.0. The Morgan fingerprint density at radius 3 is 2.09 bits per heavy atom. The highest BCUT2D eigenvalue weighted by Crippen LogP contribution is 2.41. The zero-order chi connectivity index (χ0) is 22.5. The van der Waals surface area contributed by atoms with E-state index in [9.17, 15) is 4.79 Å². The Kier molecular flexibility index (Phi) is 6.08. The van der Waals surface area contributed by atoms with Gasteiger partial charge in [-0.3, -0.25) is 0 Å². The lowest BCUT2D eigenvalue weighted by atomic mass is 9.99. The van der Waals surface area contributed by atoms with Gasteiger partial charge in [-0.1, -0.05) is 30.3 Å². The Labute approximate surface area is 186 Å². The Balaban J connectivity index is 1.78. The van der Waals surface area contributed by atoms with Crippen molar-refractivity contribution >= 4 is 22.8 Å². The lowest BCUT2D eigenvalue weighted by molar-refractivity contribution is -0.131. The van der Waals surface area contributed by atoms with Gasteiger partial charge in [0.2, 0.25) is 0 Å². The number of carboxylic acids is 1. The van der Waals surface area contributed by atoms with Crippen LogP contribution in [0.15, 0.2) is 84.9 Å². The molecule has 0 aliphatic heterocycles. The first-order valence-corrected chi connectivity index (χ1v) is 10.0. The molecule has 4 rings (SSSR count). The molecule has 0 unspecified atom stereocenters. The van der Waals surface area contributed by atoms with Crippen LogP contribution in [0, 0.1) is 0 Å². The molecule has 32 heavy (non-hydrogen) atoms. The summed E-state index contributed by atoms with van der Waals surface area (Å²) in [5, 5.41) is 10.8. The Hall–Kier alpha value is -4.25. The second kappa shape index (κ2) is 9.27.